The summed E-state index contributed by atoms with van der Waals surface area (Å²) in [5.41, 5.74) is -0.339. The maximum absolute atomic E-state index is 13.2. The second-order valence-corrected chi connectivity index (χ2v) is 9.35. The lowest BCUT2D eigenvalue weighted by atomic mass is 9.84. The van der Waals surface area contributed by atoms with Gasteiger partial charge in [0.2, 0.25) is 11.7 Å². The number of aryl methyl sites for hydroxylation is 1. The van der Waals surface area contributed by atoms with Gasteiger partial charge in [0.1, 0.15) is 18.0 Å². The van der Waals surface area contributed by atoms with Crippen molar-refractivity contribution in [3.63, 3.8) is 0 Å². The normalized spacial score (nSPS) is 25.2. The summed E-state index contributed by atoms with van der Waals surface area (Å²) in [7, 11) is 0. The molecule has 4 rings (SSSR count). The number of rotatable bonds is 1. The molecule has 1 aromatic rings. The van der Waals surface area contributed by atoms with Gasteiger partial charge in [-0.3, -0.25) is 19.2 Å². The number of amides is 1. The van der Waals surface area contributed by atoms with E-state index in [-0.39, 0.29) is 58.0 Å². The number of aliphatic hydroxyl groups excluding tert-OH is 1. The number of allylic oxidation sites excluding steroid dienone is 3. The van der Waals surface area contributed by atoms with E-state index in [1.54, 1.807) is 6.08 Å². The summed E-state index contributed by atoms with van der Waals surface area (Å²) in [6, 6.07) is 1.33. The van der Waals surface area contributed by atoms with Crippen molar-refractivity contribution < 1.29 is 38.9 Å². The highest BCUT2D eigenvalue weighted by molar-refractivity contribution is 6.28. The predicted octanol–water partition coefficient (Wildman–Crippen LogP) is 3.27. The van der Waals surface area contributed by atoms with Gasteiger partial charge in [-0.05, 0) is 51.2 Å². The summed E-state index contributed by atoms with van der Waals surface area (Å²) >= 11 is 0. The molecule has 1 aliphatic carbocycles. The van der Waals surface area contributed by atoms with Crippen molar-refractivity contribution in [1.29, 1.82) is 0 Å². The number of carbonyl (C=O) groups excluding carboxylic acids is 5. The van der Waals surface area contributed by atoms with Crippen LogP contribution in [-0.4, -0.2) is 51.6 Å². The predicted molar refractivity (Wildman–Crippen MR) is 134 cm³/mol. The Morgan fingerprint density at radius 1 is 1.08 bits per heavy atom. The molecule has 1 amide bonds. The molecular formula is C28H31NO8. The zero-order valence-corrected chi connectivity index (χ0v) is 21.3. The Morgan fingerprint density at radius 3 is 2.46 bits per heavy atom. The summed E-state index contributed by atoms with van der Waals surface area (Å²) in [4.78, 5) is 64.2. The topological polar surface area (TPSA) is 147 Å². The SMILES string of the molecule is CCC1C=C[C@H](O)[C@H](C)OC(=O)/C(C)=C/CC(=O)NC2=CC(=O)c3c(cc(C)c(O)c3C(=O)CC1)C2=O. The number of carbonyl (C=O) groups is 5. The molecule has 0 spiro atoms. The highest BCUT2D eigenvalue weighted by atomic mass is 16.6. The van der Waals surface area contributed by atoms with Crippen LogP contribution in [0.1, 0.15) is 83.1 Å². The quantitative estimate of drug-likeness (QED) is 0.386. The minimum atomic E-state index is -1.09. The molecule has 37 heavy (non-hydrogen) atoms. The van der Waals surface area contributed by atoms with Gasteiger partial charge in [0, 0.05) is 35.6 Å². The first-order valence-corrected chi connectivity index (χ1v) is 12.2. The van der Waals surface area contributed by atoms with Crippen LogP contribution in [0.25, 0.3) is 0 Å². The molecule has 2 aliphatic heterocycles. The van der Waals surface area contributed by atoms with Crippen molar-refractivity contribution in [2.75, 3.05) is 0 Å². The summed E-state index contributed by atoms with van der Waals surface area (Å²) in [5.74, 6) is -3.67. The molecule has 9 nitrogen and oxygen atoms in total. The molecule has 1 aromatic carbocycles. The molecule has 0 saturated heterocycles. The van der Waals surface area contributed by atoms with Crippen molar-refractivity contribution in [3.05, 3.63) is 63.9 Å². The van der Waals surface area contributed by atoms with E-state index in [0.29, 0.717) is 12.8 Å². The van der Waals surface area contributed by atoms with Crippen molar-refractivity contribution in [2.24, 2.45) is 5.92 Å². The first-order chi connectivity index (χ1) is 17.4. The number of aliphatic hydroxyl groups is 1. The minimum Gasteiger partial charge on any atom is -0.507 e. The van der Waals surface area contributed by atoms with Gasteiger partial charge in [-0.25, -0.2) is 4.79 Å². The fourth-order valence-corrected chi connectivity index (χ4v) is 4.19. The van der Waals surface area contributed by atoms with Crippen LogP contribution in [0, 0.1) is 12.8 Å². The maximum Gasteiger partial charge on any atom is 0.333 e. The van der Waals surface area contributed by atoms with Gasteiger partial charge in [0.05, 0.1) is 11.3 Å². The van der Waals surface area contributed by atoms with E-state index >= 15 is 0 Å². The molecule has 2 heterocycles. The average molecular weight is 510 g/mol. The zero-order valence-electron chi connectivity index (χ0n) is 21.3. The number of phenols is 1. The number of benzene rings is 1. The van der Waals surface area contributed by atoms with Crippen molar-refractivity contribution in [3.8, 4) is 5.75 Å². The fraction of sp³-hybridized carbons (Fsp3) is 0.393. The third-order valence-corrected chi connectivity index (χ3v) is 6.59. The number of ether oxygens (including phenoxy) is 1. The highest BCUT2D eigenvalue weighted by Crippen LogP contribution is 2.34. The molecule has 3 N–H and O–H groups in total. The summed E-state index contributed by atoms with van der Waals surface area (Å²) in [6.45, 7) is 6.43. The monoisotopic (exact) mass is 509 g/mol. The zero-order chi connectivity index (χ0) is 27.4. The van der Waals surface area contributed by atoms with E-state index in [9.17, 15) is 34.2 Å². The number of ketones is 3. The van der Waals surface area contributed by atoms with Crippen LogP contribution in [0.4, 0.5) is 0 Å². The largest absolute Gasteiger partial charge is 0.507 e. The molecule has 0 fully saturated rings. The van der Waals surface area contributed by atoms with Crippen LogP contribution >= 0.6 is 0 Å². The smallest absolute Gasteiger partial charge is 0.333 e. The maximum atomic E-state index is 13.2. The number of nitrogens with one attached hydrogen (secondary N) is 1. The first kappa shape index (κ1) is 27.7. The highest BCUT2D eigenvalue weighted by Gasteiger charge is 2.33. The van der Waals surface area contributed by atoms with Gasteiger partial charge in [0.15, 0.2) is 11.6 Å². The first-order valence-electron chi connectivity index (χ1n) is 12.2. The summed E-state index contributed by atoms with van der Waals surface area (Å²) in [6.07, 6.45) is 4.26. The number of esters is 1. The van der Waals surface area contributed by atoms with Crippen LogP contribution in [0.5, 0.6) is 5.75 Å². The summed E-state index contributed by atoms with van der Waals surface area (Å²) in [5, 5.41) is 23.5. The van der Waals surface area contributed by atoms with Crippen molar-refractivity contribution >= 4 is 29.2 Å². The Kier molecular flexibility index (Phi) is 8.60. The number of aromatic hydroxyl groups is 1. The van der Waals surface area contributed by atoms with Gasteiger partial charge in [0.25, 0.3) is 0 Å². The van der Waals surface area contributed by atoms with Gasteiger partial charge in [-0.1, -0.05) is 25.2 Å². The molecule has 3 atom stereocenters. The van der Waals surface area contributed by atoms with Crippen LogP contribution < -0.4 is 5.32 Å². The molecule has 0 saturated carbocycles. The van der Waals surface area contributed by atoms with E-state index in [4.69, 9.17) is 4.74 Å². The van der Waals surface area contributed by atoms with Crippen molar-refractivity contribution in [2.45, 2.75) is 65.6 Å². The van der Waals surface area contributed by atoms with E-state index in [1.165, 1.54) is 39.0 Å². The number of hydrogen-bond acceptors (Lipinski definition) is 8. The van der Waals surface area contributed by atoms with E-state index < -0.39 is 41.4 Å². The number of phenolic OH excluding ortho intramolecular Hbond substituents is 1. The van der Waals surface area contributed by atoms with Gasteiger partial charge in [-0.2, -0.15) is 0 Å². The third-order valence-electron chi connectivity index (χ3n) is 6.59. The Balaban J connectivity index is 2.06. The third kappa shape index (κ3) is 6.11. The van der Waals surface area contributed by atoms with Crippen LogP contribution in [0.2, 0.25) is 0 Å². The van der Waals surface area contributed by atoms with Gasteiger partial charge < -0.3 is 20.3 Å². The molecule has 9 heteroatoms. The molecule has 0 aromatic heterocycles. The lowest BCUT2D eigenvalue weighted by Crippen LogP contribution is -2.32. The second kappa shape index (κ2) is 11.5. The Bertz CT molecular complexity index is 1250. The number of Topliss-reactive ketones (excluding diaryl/α,β-unsaturated/α-hetero) is 2. The molecule has 3 aliphatic rings. The molecule has 0 radical (unpaired) electrons. The van der Waals surface area contributed by atoms with Gasteiger partial charge in [-0.15, -0.1) is 0 Å². The molecule has 1 unspecified atom stereocenters. The molecule has 4 bridgehead atoms. The van der Waals surface area contributed by atoms with E-state index in [0.717, 1.165) is 6.08 Å². The lowest BCUT2D eigenvalue weighted by molar-refractivity contribution is -0.147. The van der Waals surface area contributed by atoms with Crippen molar-refractivity contribution in [1.82, 2.24) is 5.32 Å². The Labute approximate surface area is 214 Å². The lowest BCUT2D eigenvalue weighted by Gasteiger charge is -2.21. The molecular weight excluding hydrogens is 478 g/mol. The second-order valence-electron chi connectivity index (χ2n) is 9.35. The minimum absolute atomic E-state index is 0.0221. The molecule has 196 valence electrons. The van der Waals surface area contributed by atoms with Gasteiger partial charge >= 0.3 is 5.97 Å². The van der Waals surface area contributed by atoms with Crippen LogP contribution in [-0.2, 0) is 14.3 Å². The number of fused-ring (bicyclic) bond motifs is 13. The van der Waals surface area contributed by atoms with Crippen LogP contribution in [0.3, 0.4) is 0 Å². The fourth-order valence-electron chi connectivity index (χ4n) is 4.19. The average Bonchev–Trinajstić information content (AvgIpc) is 2.85. The van der Waals surface area contributed by atoms with Crippen LogP contribution in [0.15, 0.2) is 41.6 Å². The standard InChI is InChI=1S/C28H31NO8/c1-5-17-7-9-20(30)16(4)37-28(36)14(2)6-11-23(33)29-19-13-22(32)24-18(27(19)35)12-15(3)26(34)25(24)21(31)10-8-17/h6-7,9,12-13,16-17,20,30,34H,5,8,10-11H2,1-4H3,(H,29,33)/b9-7?,14-6+/t16-,17?,20-/m0/s1. The Hall–Kier alpha value is -3.85. The van der Waals surface area contributed by atoms with E-state index in [2.05, 4.69) is 5.32 Å². The summed E-state index contributed by atoms with van der Waals surface area (Å²) < 4.78 is 5.28. The van der Waals surface area contributed by atoms with E-state index in [1.807, 2.05) is 6.92 Å². The number of hydrogen-bond donors (Lipinski definition) is 3. The Morgan fingerprint density at radius 2 is 1.78 bits per heavy atom.